The summed E-state index contributed by atoms with van der Waals surface area (Å²) in [6, 6.07) is 9.83. The molecule has 8 nitrogen and oxygen atoms in total. The molecule has 1 saturated heterocycles. The summed E-state index contributed by atoms with van der Waals surface area (Å²) >= 11 is 0. The highest BCUT2D eigenvalue weighted by Gasteiger charge is 2.36. The van der Waals surface area contributed by atoms with Gasteiger partial charge in [0.05, 0.1) is 23.2 Å². The number of H-pyrrole nitrogens is 1. The van der Waals surface area contributed by atoms with Crippen molar-refractivity contribution in [2.24, 2.45) is 7.05 Å². The van der Waals surface area contributed by atoms with Gasteiger partial charge in [-0.1, -0.05) is 30.3 Å². The van der Waals surface area contributed by atoms with Crippen LogP contribution in [0.15, 0.2) is 30.3 Å². The molecule has 0 spiro atoms. The summed E-state index contributed by atoms with van der Waals surface area (Å²) in [6.07, 6.45) is 0. The van der Waals surface area contributed by atoms with Crippen LogP contribution in [0.1, 0.15) is 33.5 Å². The second-order valence-electron chi connectivity index (χ2n) is 7.49. The molecule has 8 heteroatoms. The van der Waals surface area contributed by atoms with Gasteiger partial charge in [-0.2, -0.15) is 10.2 Å². The molecule has 0 bridgehead atoms. The summed E-state index contributed by atoms with van der Waals surface area (Å²) in [6.45, 7) is 5.34. The van der Waals surface area contributed by atoms with E-state index < -0.39 is 0 Å². The molecule has 2 atom stereocenters. The molecule has 1 fully saturated rings. The summed E-state index contributed by atoms with van der Waals surface area (Å²) in [5.41, 5.74) is 3.23. The van der Waals surface area contributed by atoms with Gasteiger partial charge in [0.15, 0.2) is 5.82 Å². The highest BCUT2D eigenvalue weighted by Crippen LogP contribution is 2.26. The predicted octanol–water partition coefficient (Wildman–Crippen LogP) is 1.65. The van der Waals surface area contributed by atoms with Gasteiger partial charge in [0.2, 0.25) is 0 Å². The summed E-state index contributed by atoms with van der Waals surface area (Å²) in [5, 5.41) is 15.0. The summed E-state index contributed by atoms with van der Waals surface area (Å²) < 4.78 is 1.74. The van der Waals surface area contributed by atoms with E-state index in [2.05, 4.69) is 25.5 Å². The van der Waals surface area contributed by atoms with Gasteiger partial charge in [0.1, 0.15) is 5.82 Å². The highest BCUT2D eigenvalue weighted by molar-refractivity contribution is 5.96. The fourth-order valence-electron chi connectivity index (χ4n) is 3.92. The van der Waals surface area contributed by atoms with E-state index in [0.29, 0.717) is 11.4 Å². The van der Waals surface area contributed by atoms with Crippen molar-refractivity contribution in [3.63, 3.8) is 0 Å². The first-order valence-electron chi connectivity index (χ1n) is 9.41. The maximum Gasteiger partial charge on any atom is 0.255 e. The molecule has 0 radical (unpaired) electrons. The zero-order chi connectivity index (χ0) is 19.8. The second-order valence-corrected chi connectivity index (χ2v) is 7.49. The van der Waals surface area contributed by atoms with Crippen LogP contribution in [-0.2, 0) is 7.05 Å². The fourth-order valence-corrected chi connectivity index (χ4v) is 3.92. The lowest BCUT2D eigenvalue weighted by atomic mass is 10.0. The Morgan fingerprint density at radius 1 is 1.18 bits per heavy atom. The van der Waals surface area contributed by atoms with E-state index in [1.807, 2.05) is 58.3 Å². The first-order valence-corrected chi connectivity index (χ1v) is 9.41. The van der Waals surface area contributed by atoms with Gasteiger partial charge in [-0.15, -0.1) is 0 Å². The van der Waals surface area contributed by atoms with Crippen molar-refractivity contribution in [3.8, 4) is 11.4 Å². The zero-order valence-corrected chi connectivity index (χ0v) is 16.6. The molecule has 0 unspecified atom stereocenters. The van der Waals surface area contributed by atoms with Crippen molar-refractivity contribution in [1.82, 2.24) is 35.2 Å². The molecule has 146 valence electrons. The lowest BCUT2D eigenvalue weighted by Gasteiger charge is -2.18. The van der Waals surface area contributed by atoms with Crippen LogP contribution in [0.5, 0.6) is 0 Å². The lowest BCUT2D eigenvalue weighted by molar-refractivity contribution is 0.0934. The molecule has 1 aromatic carbocycles. The molecule has 4 rings (SSSR count). The molecule has 0 saturated carbocycles. The van der Waals surface area contributed by atoms with Crippen LogP contribution in [0.3, 0.4) is 0 Å². The third kappa shape index (κ3) is 3.31. The summed E-state index contributed by atoms with van der Waals surface area (Å²) in [7, 11) is 3.90. The van der Waals surface area contributed by atoms with Crippen LogP contribution < -0.4 is 5.32 Å². The normalized spacial score (nSPS) is 19.9. The number of likely N-dealkylation sites (N-methyl/N-ethyl adjacent to an activating group) is 1. The molecular formula is C20H25N7O. The van der Waals surface area contributed by atoms with Gasteiger partial charge in [-0.05, 0) is 20.9 Å². The average Bonchev–Trinajstić information content (AvgIpc) is 3.34. The number of aromatic amines is 1. The number of nitrogens with one attached hydrogen (secondary N) is 2. The van der Waals surface area contributed by atoms with E-state index in [1.54, 1.807) is 4.68 Å². The standard InChI is InChI=1S/C20H25N7O/c1-12-17(13(2)27(4)25-12)20(28)21-16-11-26(3)10-15(16)19-22-18(23-24-19)14-8-6-5-7-9-14/h5-9,15-16H,10-11H2,1-4H3,(H,21,28)(H,22,23,24)/t15-,16-/m1/s1. The molecule has 3 heterocycles. The lowest BCUT2D eigenvalue weighted by Crippen LogP contribution is -2.40. The number of nitrogens with zero attached hydrogens (tertiary/aromatic N) is 5. The third-order valence-corrected chi connectivity index (χ3v) is 5.44. The number of carbonyl (C=O) groups excluding carboxylic acids is 1. The van der Waals surface area contributed by atoms with Gasteiger partial charge in [-0.25, -0.2) is 4.98 Å². The highest BCUT2D eigenvalue weighted by atomic mass is 16.1. The van der Waals surface area contributed by atoms with E-state index in [9.17, 15) is 4.79 Å². The Morgan fingerprint density at radius 3 is 2.61 bits per heavy atom. The Bertz CT molecular complexity index is 991. The second kappa shape index (κ2) is 7.20. The molecule has 2 N–H and O–H groups in total. The van der Waals surface area contributed by atoms with Crippen LogP contribution in [0.4, 0.5) is 0 Å². The maximum atomic E-state index is 12.9. The molecule has 1 aliphatic heterocycles. The number of benzene rings is 1. The Morgan fingerprint density at radius 2 is 1.93 bits per heavy atom. The van der Waals surface area contributed by atoms with Crippen LogP contribution in [-0.4, -0.2) is 61.9 Å². The average molecular weight is 379 g/mol. The first-order chi connectivity index (χ1) is 13.4. The topological polar surface area (TPSA) is 91.7 Å². The Balaban J connectivity index is 1.56. The fraction of sp³-hybridized carbons (Fsp3) is 0.400. The van der Waals surface area contributed by atoms with E-state index in [-0.39, 0.29) is 17.9 Å². The van der Waals surface area contributed by atoms with Crippen molar-refractivity contribution in [2.75, 3.05) is 20.1 Å². The number of likely N-dealkylation sites (tertiary alicyclic amines) is 1. The SMILES string of the molecule is Cc1nn(C)c(C)c1C(=O)N[C@@H]1CN(C)C[C@H]1c1nc(-c2ccccc2)n[nH]1. The Labute approximate surface area is 164 Å². The molecule has 3 aromatic rings. The van der Waals surface area contributed by atoms with E-state index in [1.165, 1.54) is 0 Å². The van der Waals surface area contributed by atoms with E-state index >= 15 is 0 Å². The smallest absolute Gasteiger partial charge is 0.255 e. The van der Waals surface area contributed by atoms with Crippen molar-refractivity contribution >= 4 is 5.91 Å². The van der Waals surface area contributed by atoms with Gasteiger partial charge in [-0.3, -0.25) is 14.6 Å². The minimum Gasteiger partial charge on any atom is -0.347 e. The monoisotopic (exact) mass is 379 g/mol. The van der Waals surface area contributed by atoms with Crippen LogP contribution in [0, 0.1) is 13.8 Å². The quantitative estimate of drug-likeness (QED) is 0.719. The van der Waals surface area contributed by atoms with Crippen molar-refractivity contribution in [1.29, 1.82) is 0 Å². The predicted molar refractivity (Wildman–Crippen MR) is 106 cm³/mol. The molecule has 1 amide bonds. The number of aromatic nitrogens is 5. The number of amides is 1. The molecular weight excluding hydrogens is 354 g/mol. The molecule has 1 aliphatic rings. The summed E-state index contributed by atoms with van der Waals surface area (Å²) in [4.78, 5) is 19.8. The largest absolute Gasteiger partial charge is 0.347 e. The minimum atomic E-state index is -0.0869. The van der Waals surface area contributed by atoms with E-state index in [4.69, 9.17) is 4.98 Å². The molecule has 2 aromatic heterocycles. The number of carbonyl (C=O) groups is 1. The molecule has 0 aliphatic carbocycles. The minimum absolute atomic E-state index is 0.0481. The Hall–Kier alpha value is -3.00. The zero-order valence-electron chi connectivity index (χ0n) is 16.6. The van der Waals surface area contributed by atoms with Crippen molar-refractivity contribution in [3.05, 3.63) is 53.1 Å². The Kier molecular flexibility index (Phi) is 4.72. The van der Waals surface area contributed by atoms with Crippen LogP contribution in [0.25, 0.3) is 11.4 Å². The van der Waals surface area contributed by atoms with Crippen molar-refractivity contribution < 1.29 is 4.79 Å². The number of hydrogen-bond acceptors (Lipinski definition) is 5. The van der Waals surface area contributed by atoms with E-state index in [0.717, 1.165) is 35.9 Å². The van der Waals surface area contributed by atoms with Crippen LogP contribution >= 0.6 is 0 Å². The summed E-state index contributed by atoms with van der Waals surface area (Å²) in [5.74, 6) is 1.44. The van der Waals surface area contributed by atoms with Crippen molar-refractivity contribution in [2.45, 2.75) is 25.8 Å². The van der Waals surface area contributed by atoms with Crippen LogP contribution in [0.2, 0.25) is 0 Å². The number of rotatable bonds is 4. The first kappa shape index (κ1) is 18.4. The van der Waals surface area contributed by atoms with Gasteiger partial charge >= 0.3 is 0 Å². The molecule has 28 heavy (non-hydrogen) atoms. The number of aryl methyl sites for hydroxylation is 2. The maximum absolute atomic E-state index is 12.9. The van der Waals surface area contributed by atoms with Gasteiger partial charge in [0.25, 0.3) is 5.91 Å². The third-order valence-electron chi connectivity index (χ3n) is 5.44. The number of hydrogen-bond donors (Lipinski definition) is 2. The van der Waals surface area contributed by atoms with Gasteiger partial charge in [0, 0.05) is 31.4 Å². The van der Waals surface area contributed by atoms with Gasteiger partial charge < -0.3 is 10.2 Å².